The second-order valence-corrected chi connectivity index (χ2v) is 7.34. The van der Waals surface area contributed by atoms with Gasteiger partial charge in [0.2, 0.25) is 0 Å². The van der Waals surface area contributed by atoms with Gasteiger partial charge in [0.1, 0.15) is 11.4 Å². The van der Waals surface area contributed by atoms with E-state index in [9.17, 15) is 0 Å². The Kier molecular flexibility index (Phi) is 7.46. The molecule has 0 amide bonds. The molecule has 3 N–H and O–H groups in total. The minimum atomic E-state index is -0.122. The lowest BCUT2D eigenvalue weighted by Crippen LogP contribution is -2.26. The average molecular weight is 352 g/mol. The van der Waals surface area contributed by atoms with E-state index in [0.717, 1.165) is 25.1 Å². The molecule has 2 rings (SSSR count). The van der Waals surface area contributed by atoms with Crippen molar-refractivity contribution >= 4 is 17.9 Å². The molecule has 5 heteroatoms. The number of rotatable bonds is 4. The van der Waals surface area contributed by atoms with Gasteiger partial charge >= 0.3 is 0 Å². The third kappa shape index (κ3) is 4.59. The number of benzene rings is 1. The van der Waals surface area contributed by atoms with Gasteiger partial charge in [0.25, 0.3) is 0 Å². The van der Waals surface area contributed by atoms with Gasteiger partial charge < -0.3 is 10.5 Å². The molecule has 0 radical (unpaired) electrons. The van der Waals surface area contributed by atoms with Gasteiger partial charge in [0.15, 0.2) is 5.96 Å². The van der Waals surface area contributed by atoms with E-state index in [-0.39, 0.29) is 5.60 Å². The fourth-order valence-electron chi connectivity index (χ4n) is 2.77. The van der Waals surface area contributed by atoms with Crippen LogP contribution in [0.3, 0.4) is 0 Å². The van der Waals surface area contributed by atoms with Crippen LogP contribution in [-0.4, -0.2) is 18.1 Å². The van der Waals surface area contributed by atoms with E-state index in [1.54, 1.807) is 11.9 Å². The Labute approximate surface area is 151 Å². The van der Waals surface area contributed by atoms with Gasteiger partial charge in [-0.15, -0.1) is 0 Å². The summed E-state index contributed by atoms with van der Waals surface area (Å²) in [6.07, 6.45) is 1.94. The Morgan fingerprint density at radius 2 is 1.83 bits per heavy atom. The number of nitrogens with one attached hydrogen (secondary N) is 1. The Morgan fingerprint density at radius 1 is 1.21 bits per heavy atom. The van der Waals surface area contributed by atoms with Crippen molar-refractivity contribution in [2.75, 3.05) is 6.54 Å². The van der Waals surface area contributed by atoms with Crippen LogP contribution in [0.2, 0.25) is 0 Å². The van der Waals surface area contributed by atoms with Crippen LogP contribution in [0.15, 0.2) is 9.89 Å². The highest BCUT2D eigenvalue weighted by atomic mass is 32.2. The molecule has 0 bridgehead atoms. The topological polar surface area (TPSA) is 59.6 Å². The molecule has 0 aliphatic carbocycles. The molecule has 1 aliphatic heterocycles. The minimum absolute atomic E-state index is 0.122. The molecule has 24 heavy (non-hydrogen) atoms. The number of aliphatic imine (C=N–C) groups is 1. The van der Waals surface area contributed by atoms with Crippen molar-refractivity contribution in [3.05, 3.63) is 22.3 Å². The van der Waals surface area contributed by atoms with E-state index in [2.05, 4.69) is 51.3 Å². The van der Waals surface area contributed by atoms with Gasteiger partial charge in [-0.05, 0) is 69.7 Å². The lowest BCUT2D eigenvalue weighted by molar-refractivity contribution is 0.137. The number of ether oxygens (including phenoxy) is 1. The van der Waals surface area contributed by atoms with Gasteiger partial charge in [-0.25, -0.2) is 0 Å². The van der Waals surface area contributed by atoms with Gasteiger partial charge in [0, 0.05) is 23.4 Å². The number of fused-ring (bicyclic) bond motifs is 1. The molecule has 0 spiro atoms. The number of nitrogens with two attached hydrogens (primary N) is 1. The van der Waals surface area contributed by atoms with Crippen molar-refractivity contribution in [1.29, 1.82) is 0 Å². The summed E-state index contributed by atoms with van der Waals surface area (Å²) in [5.41, 5.74) is 10.8. The fraction of sp³-hybridized carbons (Fsp3) is 0.632. The van der Waals surface area contributed by atoms with E-state index in [1.165, 1.54) is 27.1 Å². The largest absolute Gasteiger partial charge is 0.487 e. The van der Waals surface area contributed by atoms with E-state index >= 15 is 0 Å². The van der Waals surface area contributed by atoms with Gasteiger partial charge in [-0.3, -0.25) is 9.71 Å². The Balaban J connectivity index is 0.00000139. The monoisotopic (exact) mass is 351 g/mol. The molecule has 136 valence electrons. The summed E-state index contributed by atoms with van der Waals surface area (Å²) in [7, 11) is 0. The van der Waals surface area contributed by atoms with Crippen molar-refractivity contribution in [2.24, 2.45) is 10.7 Å². The zero-order valence-electron chi connectivity index (χ0n) is 16.5. The maximum absolute atomic E-state index is 6.14. The van der Waals surface area contributed by atoms with Crippen LogP contribution in [0.5, 0.6) is 5.75 Å². The number of hydrogen-bond acceptors (Lipinski definition) is 3. The first-order valence-electron chi connectivity index (χ1n) is 8.81. The van der Waals surface area contributed by atoms with Gasteiger partial charge in [0.05, 0.1) is 0 Å². The van der Waals surface area contributed by atoms with Gasteiger partial charge in [-0.1, -0.05) is 20.8 Å². The lowest BCUT2D eigenvalue weighted by atomic mass is 9.94. The molecule has 0 unspecified atom stereocenters. The normalized spacial score (nSPS) is 15.2. The number of guanidine groups is 1. The summed E-state index contributed by atoms with van der Waals surface area (Å²) < 4.78 is 9.30. The Hall–Kier alpha value is -1.36. The van der Waals surface area contributed by atoms with Crippen LogP contribution < -0.4 is 15.2 Å². The van der Waals surface area contributed by atoms with Crippen LogP contribution in [0, 0.1) is 20.8 Å². The average Bonchev–Trinajstić information content (AvgIpc) is 2.88. The number of hydrogen-bond donors (Lipinski definition) is 2. The quantitative estimate of drug-likeness (QED) is 0.470. The molecule has 0 saturated heterocycles. The summed E-state index contributed by atoms with van der Waals surface area (Å²) in [5.74, 6) is 1.55. The second kappa shape index (κ2) is 8.65. The Bertz CT molecular complexity index is 609. The molecule has 0 saturated carbocycles. The summed E-state index contributed by atoms with van der Waals surface area (Å²) in [6.45, 7) is 17.6. The highest BCUT2D eigenvalue weighted by Crippen LogP contribution is 2.44. The third-order valence-electron chi connectivity index (χ3n) is 4.06. The third-order valence-corrected chi connectivity index (χ3v) is 5.18. The fourth-order valence-corrected chi connectivity index (χ4v) is 3.62. The number of nitrogens with zero attached hydrogens (tertiary/aromatic N) is 1. The summed E-state index contributed by atoms with van der Waals surface area (Å²) in [6, 6.07) is 0. The van der Waals surface area contributed by atoms with Crippen molar-refractivity contribution in [3.63, 3.8) is 0 Å². The molecular formula is C19H33N3OS. The Morgan fingerprint density at radius 3 is 2.42 bits per heavy atom. The molecule has 1 aromatic carbocycles. The highest BCUT2D eigenvalue weighted by Gasteiger charge is 2.34. The SMILES string of the molecule is CC.CCCN=C(N)NSc1c(C)c(C)c2c(c1C)CC(C)(C)O2. The molecule has 0 fully saturated rings. The first-order valence-corrected chi connectivity index (χ1v) is 9.63. The van der Waals surface area contributed by atoms with Crippen LogP contribution in [-0.2, 0) is 6.42 Å². The molecular weight excluding hydrogens is 318 g/mol. The van der Waals surface area contributed by atoms with Crippen LogP contribution in [0.4, 0.5) is 0 Å². The summed E-state index contributed by atoms with van der Waals surface area (Å²) in [4.78, 5) is 5.50. The van der Waals surface area contributed by atoms with Crippen LogP contribution in [0.1, 0.15) is 63.3 Å². The molecule has 1 aliphatic rings. The zero-order chi connectivity index (χ0) is 18.5. The molecule has 4 nitrogen and oxygen atoms in total. The molecule has 1 heterocycles. The minimum Gasteiger partial charge on any atom is -0.487 e. The van der Waals surface area contributed by atoms with Crippen molar-refractivity contribution in [1.82, 2.24) is 4.72 Å². The van der Waals surface area contributed by atoms with Crippen LogP contribution >= 0.6 is 11.9 Å². The second-order valence-electron chi connectivity index (χ2n) is 6.52. The van der Waals surface area contributed by atoms with Gasteiger partial charge in [-0.2, -0.15) is 0 Å². The maximum atomic E-state index is 6.14. The van der Waals surface area contributed by atoms with E-state index < -0.39 is 0 Å². The van der Waals surface area contributed by atoms with Crippen molar-refractivity contribution in [2.45, 2.75) is 78.7 Å². The lowest BCUT2D eigenvalue weighted by Gasteiger charge is -2.19. The van der Waals surface area contributed by atoms with E-state index in [4.69, 9.17) is 10.5 Å². The van der Waals surface area contributed by atoms with E-state index in [1.807, 2.05) is 13.8 Å². The first-order chi connectivity index (χ1) is 11.3. The summed E-state index contributed by atoms with van der Waals surface area (Å²) >= 11 is 1.55. The van der Waals surface area contributed by atoms with Crippen molar-refractivity contribution < 1.29 is 4.74 Å². The smallest absolute Gasteiger partial charge is 0.199 e. The van der Waals surface area contributed by atoms with E-state index in [0.29, 0.717) is 5.96 Å². The maximum Gasteiger partial charge on any atom is 0.199 e. The van der Waals surface area contributed by atoms with Crippen LogP contribution in [0.25, 0.3) is 0 Å². The highest BCUT2D eigenvalue weighted by molar-refractivity contribution is 7.98. The summed E-state index contributed by atoms with van der Waals surface area (Å²) in [5, 5.41) is 0. The predicted octanol–water partition coefficient (Wildman–Crippen LogP) is 4.67. The van der Waals surface area contributed by atoms with Crippen molar-refractivity contribution in [3.8, 4) is 5.75 Å². The predicted molar refractivity (Wildman–Crippen MR) is 106 cm³/mol. The first kappa shape index (κ1) is 20.7. The molecule has 0 atom stereocenters. The molecule has 1 aromatic rings. The molecule has 0 aromatic heterocycles. The standard InChI is InChI=1S/C17H27N3OS.C2H6/c1-7-8-19-16(18)20-22-15-11(3)10(2)14-13(12(15)4)9-17(5,6)21-14;1-2/h7-9H2,1-6H3,(H3,18,19,20);1-2H3. The zero-order valence-corrected chi connectivity index (χ0v) is 17.3.